The molecule has 0 aliphatic heterocycles. The van der Waals surface area contributed by atoms with E-state index in [1.54, 1.807) is 19.1 Å². The number of furan rings is 1. The number of aliphatic hydroxyl groups is 1. The molecule has 0 saturated heterocycles. The maximum atomic E-state index is 11.8. The van der Waals surface area contributed by atoms with Crippen LogP contribution in [0.15, 0.2) is 41.0 Å². The lowest BCUT2D eigenvalue weighted by Crippen LogP contribution is -2.43. The Labute approximate surface area is 135 Å². The van der Waals surface area contributed by atoms with E-state index in [2.05, 4.69) is 15.6 Å². The summed E-state index contributed by atoms with van der Waals surface area (Å²) in [6.45, 7) is 1.92. The van der Waals surface area contributed by atoms with Crippen molar-refractivity contribution in [2.75, 3.05) is 25.5 Å². The lowest BCUT2D eigenvalue weighted by molar-refractivity contribution is 0.0367. The molecule has 23 heavy (non-hydrogen) atoms. The third-order valence-electron chi connectivity index (χ3n) is 3.33. The zero-order valence-electron chi connectivity index (χ0n) is 13.5. The Bertz CT molecular complexity index is 639. The van der Waals surface area contributed by atoms with E-state index in [4.69, 9.17) is 4.42 Å². The molecule has 3 N–H and O–H groups in total. The average Bonchev–Trinajstić information content (AvgIpc) is 3.06. The zero-order chi connectivity index (χ0) is 16.9. The van der Waals surface area contributed by atoms with Gasteiger partial charge in [-0.25, -0.2) is 9.78 Å². The van der Waals surface area contributed by atoms with Gasteiger partial charge in [-0.2, -0.15) is 0 Å². The summed E-state index contributed by atoms with van der Waals surface area (Å²) in [5, 5.41) is 15.6. The van der Waals surface area contributed by atoms with Crippen molar-refractivity contribution in [3.8, 4) is 0 Å². The highest BCUT2D eigenvalue weighted by atomic mass is 16.4. The van der Waals surface area contributed by atoms with Crippen LogP contribution < -0.4 is 15.5 Å². The number of nitrogens with one attached hydrogen (secondary N) is 2. The van der Waals surface area contributed by atoms with E-state index < -0.39 is 5.60 Å². The van der Waals surface area contributed by atoms with Crippen LogP contribution in [0.1, 0.15) is 18.4 Å². The molecule has 7 nitrogen and oxygen atoms in total. The van der Waals surface area contributed by atoms with Gasteiger partial charge in [0, 0.05) is 14.1 Å². The van der Waals surface area contributed by atoms with Gasteiger partial charge in [-0.05, 0) is 31.2 Å². The van der Waals surface area contributed by atoms with Crippen LogP contribution in [0.2, 0.25) is 0 Å². The second-order valence-electron chi connectivity index (χ2n) is 5.67. The largest absolute Gasteiger partial charge is 0.466 e. The summed E-state index contributed by atoms with van der Waals surface area (Å²) >= 11 is 0. The number of pyridine rings is 1. The van der Waals surface area contributed by atoms with Crippen molar-refractivity contribution >= 4 is 11.8 Å². The van der Waals surface area contributed by atoms with E-state index >= 15 is 0 Å². The van der Waals surface area contributed by atoms with Gasteiger partial charge >= 0.3 is 6.03 Å². The van der Waals surface area contributed by atoms with Crippen LogP contribution in [-0.2, 0) is 12.1 Å². The molecule has 0 saturated carbocycles. The SMILES string of the molecule is CN(C)c1cccc(CNC(=O)NCC(C)(O)c2ccco2)n1. The highest BCUT2D eigenvalue weighted by molar-refractivity contribution is 5.73. The van der Waals surface area contributed by atoms with Gasteiger partial charge in [-0.1, -0.05) is 6.07 Å². The van der Waals surface area contributed by atoms with Crippen molar-refractivity contribution < 1.29 is 14.3 Å². The van der Waals surface area contributed by atoms with E-state index in [0.717, 1.165) is 11.5 Å². The minimum Gasteiger partial charge on any atom is -0.466 e. The fourth-order valence-electron chi connectivity index (χ4n) is 1.97. The molecule has 1 unspecified atom stereocenters. The molecule has 0 aliphatic carbocycles. The topological polar surface area (TPSA) is 90.6 Å². The first-order valence-corrected chi connectivity index (χ1v) is 7.30. The Kier molecular flexibility index (Phi) is 5.23. The van der Waals surface area contributed by atoms with Crippen LogP contribution in [0.5, 0.6) is 0 Å². The van der Waals surface area contributed by atoms with Crippen molar-refractivity contribution in [1.29, 1.82) is 0 Å². The Morgan fingerprint density at radius 3 is 2.74 bits per heavy atom. The van der Waals surface area contributed by atoms with E-state index in [1.807, 2.05) is 37.2 Å². The van der Waals surface area contributed by atoms with E-state index in [0.29, 0.717) is 12.3 Å². The van der Waals surface area contributed by atoms with Gasteiger partial charge in [0.15, 0.2) is 0 Å². The number of amides is 2. The van der Waals surface area contributed by atoms with Crippen LogP contribution in [0.25, 0.3) is 0 Å². The first kappa shape index (κ1) is 16.8. The number of hydrogen-bond donors (Lipinski definition) is 3. The second-order valence-corrected chi connectivity index (χ2v) is 5.67. The van der Waals surface area contributed by atoms with Crippen LogP contribution in [-0.4, -0.2) is 36.8 Å². The summed E-state index contributed by atoms with van der Waals surface area (Å²) in [7, 11) is 3.81. The number of rotatable bonds is 6. The fourth-order valence-corrected chi connectivity index (χ4v) is 1.97. The molecule has 2 amide bonds. The normalized spacial score (nSPS) is 13.2. The summed E-state index contributed by atoms with van der Waals surface area (Å²) in [6, 6.07) is 8.59. The molecule has 2 heterocycles. The maximum Gasteiger partial charge on any atom is 0.315 e. The van der Waals surface area contributed by atoms with E-state index in [-0.39, 0.29) is 12.6 Å². The zero-order valence-corrected chi connectivity index (χ0v) is 13.5. The van der Waals surface area contributed by atoms with E-state index in [9.17, 15) is 9.90 Å². The van der Waals surface area contributed by atoms with Crippen molar-refractivity contribution in [2.24, 2.45) is 0 Å². The molecule has 0 spiro atoms. The lowest BCUT2D eigenvalue weighted by atomic mass is 10.0. The van der Waals surface area contributed by atoms with E-state index in [1.165, 1.54) is 6.26 Å². The molecule has 2 aromatic heterocycles. The predicted molar refractivity (Wildman–Crippen MR) is 87.1 cm³/mol. The molecule has 0 aromatic carbocycles. The van der Waals surface area contributed by atoms with Crippen molar-refractivity contribution in [3.63, 3.8) is 0 Å². The van der Waals surface area contributed by atoms with Gasteiger partial charge in [-0.15, -0.1) is 0 Å². The third-order valence-corrected chi connectivity index (χ3v) is 3.33. The monoisotopic (exact) mass is 318 g/mol. The van der Waals surface area contributed by atoms with Gasteiger partial charge in [0.05, 0.1) is 25.0 Å². The van der Waals surface area contributed by atoms with Crippen LogP contribution >= 0.6 is 0 Å². The number of hydrogen-bond acceptors (Lipinski definition) is 5. The molecule has 1 atom stereocenters. The Hall–Kier alpha value is -2.54. The standard InChI is InChI=1S/C16H22N4O3/c1-16(22,13-7-5-9-23-13)11-18-15(21)17-10-12-6-4-8-14(19-12)20(2)3/h4-9,22H,10-11H2,1-3H3,(H2,17,18,21). The molecular formula is C16H22N4O3. The summed E-state index contributed by atoms with van der Waals surface area (Å²) < 4.78 is 5.16. The van der Waals surface area contributed by atoms with Gasteiger partial charge in [-0.3, -0.25) is 0 Å². The molecule has 124 valence electrons. The smallest absolute Gasteiger partial charge is 0.315 e. The number of urea groups is 1. The van der Waals surface area contributed by atoms with Crippen LogP contribution in [0, 0.1) is 0 Å². The predicted octanol–water partition coefficient (Wildman–Crippen LogP) is 1.45. The van der Waals surface area contributed by atoms with Gasteiger partial charge in [0.1, 0.15) is 17.2 Å². The Morgan fingerprint density at radius 2 is 2.09 bits per heavy atom. The molecule has 0 bridgehead atoms. The van der Waals surface area contributed by atoms with Gasteiger partial charge in [0.25, 0.3) is 0 Å². The van der Waals surface area contributed by atoms with Crippen molar-refractivity contribution in [2.45, 2.75) is 19.1 Å². The maximum absolute atomic E-state index is 11.8. The number of aromatic nitrogens is 1. The quantitative estimate of drug-likeness (QED) is 0.750. The number of carbonyl (C=O) groups is 1. The number of anilines is 1. The lowest BCUT2D eigenvalue weighted by Gasteiger charge is -2.21. The van der Waals surface area contributed by atoms with Gasteiger partial charge < -0.3 is 25.1 Å². The van der Waals surface area contributed by atoms with Crippen LogP contribution in [0.3, 0.4) is 0 Å². The number of nitrogens with zero attached hydrogens (tertiary/aromatic N) is 2. The Morgan fingerprint density at radius 1 is 1.30 bits per heavy atom. The highest BCUT2D eigenvalue weighted by Crippen LogP contribution is 2.19. The molecule has 2 aromatic rings. The summed E-state index contributed by atoms with van der Waals surface area (Å²) in [5.74, 6) is 1.23. The molecule has 7 heteroatoms. The minimum atomic E-state index is -1.26. The summed E-state index contributed by atoms with van der Waals surface area (Å²) in [6.07, 6.45) is 1.48. The second kappa shape index (κ2) is 7.15. The number of carbonyl (C=O) groups excluding carboxylic acids is 1. The fraction of sp³-hybridized carbons (Fsp3) is 0.375. The molecule has 0 radical (unpaired) electrons. The van der Waals surface area contributed by atoms with Crippen molar-refractivity contribution in [3.05, 3.63) is 48.0 Å². The van der Waals surface area contributed by atoms with Gasteiger partial charge in [0.2, 0.25) is 0 Å². The third kappa shape index (κ3) is 4.72. The molecular weight excluding hydrogens is 296 g/mol. The molecule has 0 aliphatic rings. The first-order chi connectivity index (χ1) is 10.9. The molecule has 0 fully saturated rings. The first-order valence-electron chi connectivity index (χ1n) is 7.30. The minimum absolute atomic E-state index is 0.0392. The van der Waals surface area contributed by atoms with Crippen molar-refractivity contribution in [1.82, 2.24) is 15.6 Å². The molecule has 2 rings (SSSR count). The summed E-state index contributed by atoms with van der Waals surface area (Å²) in [4.78, 5) is 18.2. The van der Waals surface area contributed by atoms with Crippen LogP contribution in [0.4, 0.5) is 10.6 Å². The Balaban J connectivity index is 1.82. The average molecular weight is 318 g/mol. The summed E-state index contributed by atoms with van der Waals surface area (Å²) in [5.41, 5.74) is -0.506. The highest BCUT2D eigenvalue weighted by Gasteiger charge is 2.26.